The quantitative estimate of drug-likeness (QED) is 0.912. The molecule has 2 aliphatic heterocycles. The van der Waals surface area contributed by atoms with Gasteiger partial charge < -0.3 is 10.1 Å². The van der Waals surface area contributed by atoms with Gasteiger partial charge in [-0.2, -0.15) is 0 Å². The van der Waals surface area contributed by atoms with Crippen molar-refractivity contribution in [2.75, 3.05) is 24.7 Å². The molecular formula is C18H24N2O2. The SMILES string of the molecule is C[C@@H](NC(=O)N1CC2(CC2)c2ccccc21)C1CCOCC1. The van der Waals surface area contributed by atoms with E-state index < -0.39 is 0 Å². The van der Waals surface area contributed by atoms with Crippen LogP contribution in [0.1, 0.15) is 38.2 Å². The Bertz CT molecular complexity index is 576. The summed E-state index contributed by atoms with van der Waals surface area (Å²) in [6, 6.07) is 8.67. The summed E-state index contributed by atoms with van der Waals surface area (Å²) in [5.74, 6) is 0.533. The highest BCUT2D eigenvalue weighted by atomic mass is 16.5. The van der Waals surface area contributed by atoms with Crippen molar-refractivity contribution in [2.45, 2.75) is 44.1 Å². The minimum absolute atomic E-state index is 0.0650. The summed E-state index contributed by atoms with van der Waals surface area (Å²) < 4.78 is 5.41. The first kappa shape index (κ1) is 14.1. The molecular weight excluding hydrogens is 276 g/mol. The molecule has 118 valence electrons. The van der Waals surface area contributed by atoms with Gasteiger partial charge in [0.1, 0.15) is 0 Å². The standard InChI is InChI=1S/C18H24N2O2/c1-13(14-6-10-22-11-7-14)19-17(21)20-12-18(8-9-18)15-4-2-3-5-16(15)20/h2-5,13-14H,6-12H2,1H3,(H,19,21)/t13-/m1/s1. The van der Waals surface area contributed by atoms with Crippen molar-refractivity contribution >= 4 is 11.7 Å². The van der Waals surface area contributed by atoms with Crippen molar-refractivity contribution < 1.29 is 9.53 Å². The number of benzene rings is 1. The zero-order valence-corrected chi connectivity index (χ0v) is 13.2. The molecule has 4 heteroatoms. The number of ether oxygens (including phenoxy) is 1. The van der Waals surface area contributed by atoms with Gasteiger partial charge in [0.05, 0.1) is 0 Å². The molecule has 4 rings (SSSR count). The second kappa shape index (κ2) is 5.27. The minimum Gasteiger partial charge on any atom is -0.381 e. The number of hydrogen-bond donors (Lipinski definition) is 1. The normalized spacial score (nSPS) is 24.1. The number of anilines is 1. The minimum atomic E-state index is 0.0650. The molecule has 2 fully saturated rings. The summed E-state index contributed by atoms with van der Waals surface area (Å²) >= 11 is 0. The summed E-state index contributed by atoms with van der Waals surface area (Å²) in [5.41, 5.74) is 2.73. The second-order valence-electron chi connectivity index (χ2n) is 7.07. The topological polar surface area (TPSA) is 41.6 Å². The van der Waals surface area contributed by atoms with Crippen LogP contribution in [-0.4, -0.2) is 31.8 Å². The fraction of sp³-hybridized carbons (Fsp3) is 0.611. The molecule has 1 atom stereocenters. The van der Waals surface area contributed by atoms with E-state index in [1.54, 1.807) is 0 Å². The predicted molar refractivity (Wildman–Crippen MR) is 86.2 cm³/mol. The maximum absolute atomic E-state index is 12.8. The Morgan fingerprint density at radius 1 is 1.32 bits per heavy atom. The molecule has 2 heterocycles. The molecule has 22 heavy (non-hydrogen) atoms. The highest BCUT2D eigenvalue weighted by molar-refractivity contribution is 5.95. The fourth-order valence-corrected chi connectivity index (χ4v) is 4.00. The van der Waals surface area contributed by atoms with Crippen LogP contribution in [0.15, 0.2) is 24.3 Å². The Morgan fingerprint density at radius 2 is 2.05 bits per heavy atom. The van der Waals surface area contributed by atoms with Crippen molar-refractivity contribution in [3.05, 3.63) is 29.8 Å². The van der Waals surface area contributed by atoms with Crippen LogP contribution in [0.2, 0.25) is 0 Å². The summed E-state index contributed by atoms with van der Waals surface area (Å²) in [6.45, 7) is 4.61. The zero-order valence-electron chi connectivity index (χ0n) is 13.2. The van der Waals surface area contributed by atoms with Gasteiger partial charge in [-0.15, -0.1) is 0 Å². The van der Waals surface area contributed by atoms with Crippen LogP contribution in [-0.2, 0) is 10.2 Å². The van der Waals surface area contributed by atoms with E-state index in [1.807, 2.05) is 11.0 Å². The third kappa shape index (κ3) is 2.30. The first-order valence-corrected chi connectivity index (χ1v) is 8.45. The lowest BCUT2D eigenvalue weighted by atomic mass is 9.93. The van der Waals surface area contributed by atoms with E-state index in [2.05, 4.69) is 30.4 Å². The summed E-state index contributed by atoms with van der Waals surface area (Å²) in [6.07, 6.45) is 4.51. The first-order chi connectivity index (χ1) is 10.7. The van der Waals surface area contributed by atoms with Crippen molar-refractivity contribution in [3.63, 3.8) is 0 Å². The molecule has 3 aliphatic rings. The molecule has 1 aromatic carbocycles. The average molecular weight is 300 g/mol. The number of fused-ring (bicyclic) bond motifs is 2. The van der Waals surface area contributed by atoms with Crippen LogP contribution in [0.5, 0.6) is 0 Å². The number of amides is 2. The van der Waals surface area contributed by atoms with Crippen LogP contribution >= 0.6 is 0 Å². The maximum Gasteiger partial charge on any atom is 0.322 e. The second-order valence-corrected chi connectivity index (χ2v) is 7.07. The number of nitrogens with zero attached hydrogens (tertiary/aromatic N) is 1. The number of nitrogens with one attached hydrogen (secondary N) is 1. The van der Waals surface area contributed by atoms with E-state index in [-0.39, 0.29) is 17.5 Å². The highest BCUT2D eigenvalue weighted by Crippen LogP contribution is 2.56. The van der Waals surface area contributed by atoms with Crippen LogP contribution in [0.25, 0.3) is 0 Å². The Hall–Kier alpha value is -1.55. The third-order valence-electron chi connectivity index (χ3n) is 5.65. The molecule has 1 saturated carbocycles. The van der Waals surface area contributed by atoms with Gasteiger partial charge in [-0.1, -0.05) is 18.2 Å². The van der Waals surface area contributed by atoms with E-state index in [0.29, 0.717) is 5.92 Å². The predicted octanol–water partition coefficient (Wildman–Crippen LogP) is 3.06. The summed E-state index contributed by atoms with van der Waals surface area (Å²) in [7, 11) is 0. The Kier molecular flexibility index (Phi) is 3.37. The lowest BCUT2D eigenvalue weighted by Gasteiger charge is -2.30. The van der Waals surface area contributed by atoms with E-state index in [0.717, 1.165) is 38.3 Å². The van der Waals surface area contributed by atoms with Gasteiger partial charge in [0.2, 0.25) is 0 Å². The van der Waals surface area contributed by atoms with Crippen molar-refractivity contribution in [1.82, 2.24) is 5.32 Å². The molecule has 2 amide bonds. The van der Waals surface area contributed by atoms with Crippen molar-refractivity contribution in [3.8, 4) is 0 Å². The van der Waals surface area contributed by atoms with Gasteiger partial charge in [-0.25, -0.2) is 4.79 Å². The lowest BCUT2D eigenvalue weighted by Crippen LogP contribution is -2.47. The van der Waals surface area contributed by atoms with Crippen LogP contribution < -0.4 is 10.2 Å². The average Bonchev–Trinajstić information content (AvgIpc) is 3.26. The smallest absolute Gasteiger partial charge is 0.322 e. The Balaban J connectivity index is 1.47. The zero-order chi connectivity index (χ0) is 15.2. The number of urea groups is 1. The molecule has 4 nitrogen and oxygen atoms in total. The van der Waals surface area contributed by atoms with Crippen molar-refractivity contribution in [1.29, 1.82) is 0 Å². The molecule has 1 N–H and O–H groups in total. The number of para-hydroxylation sites is 1. The third-order valence-corrected chi connectivity index (χ3v) is 5.65. The number of rotatable bonds is 2. The molecule has 1 spiro atoms. The van der Waals surface area contributed by atoms with E-state index in [4.69, 9.17) is 4.74 Å². The van der Waals surface area contributed by atoms with Gasteiger partial charge in [0, 0.05) is 36.9 Å². The van der Waals surface area contributed by atoms with Crippen LogP contribution in [0.3, 0.4) is 0 Å². The fourth-order valence-electron chi connectivity index (χ4n) is 4.00. The monoisotopic (exact) mass is 300 g/mol. The summed E-state index contributed by atoms with van der Waals surface area (Å²) in [5, 5.41) is 3.23. The number of hydrogen-bond acceptors (Lipinski definition) is 2. The van der Waals surface area contributed by atoms with Gasteiger partial charge in [0.15, 0.2) is 0 Å². The van der Waals surface area contributed by atoms with Gasteiger partial charge >= 0.3 is 6.03 Å². The number of carbonyl (C=O) groups excluding carboxylic acids is 1. The van der Waals surface area contributed by atoms with Crippen LogP contribution in [0, 0.1) is 5.92 Å². The Labute approximate surface area is 131 Å². The number of carbonyl (C=O) groups is 1. The molecule has 0 bridgehead atoms. The van der Waals surface area contributed by atoms with Crippen LogP contribution in [0.4, 0.5) is 10.5 Å². The van der Waals surface area contributed by atoms with E-state index in [1.165, 1.54) is 18.4 Å². The lowest BCUT2D eigenvalue weighted by molar-refractivity contribution is 0.0572. The maximum atomic E-state index is 12.8. The van der Waals surface area contributed by atoms with Gasteiger partial charge in [0.25, 0.3) is 0 Å². The molecule has 0 radical (unpaired) electrons. The largest absolute Gasteiger partial charge is 0.381 e. The molecule has 0 aromatic heterocycles. The van der Waals surface area contributed by atoms with Crippen molar-refractivity contribution in [2.24, 2.45) is 5.92 Å². The van der Waals surface area contributed by atoms with Gasteiger partial charge in [-0.3, -0.25) is 4.90 Å². The van der Waals surface area contributed by atoms with E-state index >= 15 is 0 Å². The van der Waals surface area contributed by atoms with E-state index in [9.17, 15) is 4.79 Å². The molecule has 1 saturated heterocycles. The molecule has 1 aliphatic carbocycles. The van der Waals surface area contributed by atoms with Gasteiger partial charge in [-0.05, 0) is 50.2 Å². The Morgan fingerprint density at radius 3 is 2.77 bits per heavy atom. The summed E-state index contributed by atoms with van der Waals surface area (Å²) in [4.78, 5) is 14.7. The first-order valence-electron chi connectivity index (χ1n) is 8.45. The molecule has 1 aromatic rings. The molecule has 0 unspecified atom stereocenters. The highest BCUT2D eigenvalue weighted by Gasteiger charge is 2.52.